The molecule has 0 aliphatic rings. The van der Waals surface area contributed by atoms with Crippen LogP contribution in [0.4, 0.5) is 17.1 Å². The molecule has 13 heteroatoms. The maximum atomic E-state index is 12.7. The van der Waals surface area contributed by atoms with Gasteiger partial charge in [-0.2, -0.15) is 0 Å². The van der Waals surface area contributed by atoms with Crippen LogP contribution in [0.15, 0.2) is 65.6 Å². The fraction of sp³-hybridized carbons (Fsp3) is 0.136. The third-order valence-electron chi connectivity index (χ3n) is 4.78. The first-order valence-corrected chi connectivity index (χ1v) is 14.3. The van der Waals surface area contributed by atoms with Gasteiger partial charge in [0.15, 0.2) is 0 Å². The number of anilines is 3. The number of halogens is 3. The number of nitrogens with one attached hydrogen (secondary N) is 2. The summed E-state index contributed by atoms with van der Waals surface area (Å²) in [5, 5.41) is 3.17. The number of carbonyl (C=O) groups is 1. The summed E-state index contributed by atoms with van der Waals surface area (Å²) < 4.78 is 53.2. The van der Waals surface area contributed by atoms with Crippen LogP contribution in [0, 0.1) is 6.92 Å². The highest BCUT2D eigenvalue weighted by atomic mass is 35.5. The second kappa shape index (κ2) is 10.6. The van der Waals surface area contributed by atoms with Crippen molar-refractivity contribution in [2.75, 3.05) is 27.1 Å². The van der Waals surface area contributed by atoms with Gasteiger partial charge >= 0.3 is 0 Å². The number of hydrogen-bond donors (Lipinski definition) is 2. The Labute approximate surface area is 218 Å². The molecular formula is C22H20Cl3N3O5S2. The van der Waals surface area contributed by atoms with Gasteiger partial charge in [0.2, 0.25) is 15.9 Å². The minimum absolute atomic E-state index is 0.0620. The molecule has 0 fully saturated rings. The van der Waals surface area contributed by atoms with Gasteiger partial charge in [-0.1, -0.05) is 46.9 Å². The van der Waals surface area contributed by atoms with Crippen molar-refractivity contribution >= 4 is 77.8 Å². The van der Waals surface area contributed by atoms with Crippen molar-refractivity contribution < 1.29 is 21.6 Å². The molecule has 2 N–H and O–H groups in total. The molecule has 0 aliphatic heterocycles. The predicted molar refractivity (Wildman–Crippen MR) is 141 cm³/mol. The zero-order valence-corrected chi connectivity index (χ0v) is 22.3. The van der Waals surface area contributed by atoms with E-state index in [0.29, 0.717) is 5.02 Å². The average Bonchev–Trinajstić information content (AvgIpc) is 2.77. The maximum absolute atomic E-state index is 12.7. The zero-order valence-electron chi connectivity index (χ0n) is 18.4. The molecule has 186 valence electrons. The fourth-order valence-electron chi connectivity index (χ4n) is 2.97. The number of nitrogens with zero attached hydrogens (tertiary/aromatic N) is 1. The molecule has 0 spiro atoms. The highest BCUT2D eigenvalue weighted by molar-refractivity contribution is 7.92. The Morgan fingerprint density at radius 3 is 2.17 bits per heavy atom. The second-order valence-corrected chi connectivity index (χ2v) is 12.3. The van der Waals surface area contributed by atoms with Gasteiger partial charge in [-0.3, -0.25) is 13.8 Å². The van der Waals surface area contributed by atoms with E-state index in [0.717, 1.165) is 16.1 Å². The summed E-state index contributed by atoms with van der Waals surface area (Å²) in [5.41, 5.74) is 1.39. The van der Waals surface area contributed by atoms with Gasteiger partial charge in [0.05, 0.1) is 32.6 Å². The Bertz CT molecular complexity index is 1480. The summed E-state index contributed by atoms with van der Waals surface area (Å²) in [4.78, 5) is 12.5. The molecule has 3 rings (SSSR count). The fourth-order valence-corrected chi connectivity index (χ4v) is 5.47. The number of benzene rings is 3. The van der Waals surface area contributed by atoms with E-state index >= 15 is 0 Å². The van der Waals surface area contributed by atoms with Crippen molar-refractivity contribution in [3.05, 3.63) is 81.3 Å². The van der Waals surface area contributed by atoms with Gasteiger partial charge in [0, 0.05) is 10.7 Å². The second-order valence-electron chi connectivity index (χ2n) is 7.48. The molecule has 0 bridgehead atoms. The van der Waals surface area contributed by atoms with Crippen molar-refractivity contribution in [3.8, 4) is 0 Å². The Morgan fingerprint density at radius 2 is 1.57 bits per heavy atom. The van der Waals surface area contributed by atoms with Gasteiger partial charge in [0.1, 0.15) is 6.54 Å². The molecule has 3 aromatic carbocycles. The first-order chi connectivity index (χ1) is 16.3. The molecule has 0 atom stereocenters. The summed E-state index contributed by atoms with van der Waals surface area (Å²) in [6.45, 7) is 1.26. The van der Waals surface area contributed by atoms with E-state index in [1.807, 2.05) is 0 Å². The van der Waals surface area contributed by atoms with Crippen LogP contribution < -0.4 is 14.3 Å². The van der Waals surface area contributed by atoms with Crippen molar-refractivity contribution in [1.82, 2.24) is 0 Å². The van der Waals surface area contributed by atoms with Gasteiger partial charge in [0.25, 0.3) is 10.0 Å². The minimum atomic E-state index is -3.99. The molecule has 0 saturated carbocycles. The van der Waals surface area contributed by atoms with E-state index < -0.39 is 32.5 Å². The van der Waals surface area contributed by atoms with Gasteiger partial charge in [-0.15, -0.1) is 0 Å². The molecule has 8 nitrogen and oxygen atoms in total. The highest BCUT2D eigenvalue weighted by Gasteiger charge is 2.22. The molecule has 0 aliphatic carbocycles. The summed E-state index contributed by atoms with van der Waals surface area (Å²) >= 11 is 18.1. The Kier molecular flexibility index (Phi) is 8.23. The van der Waals surface area contributed by atoms with Crippen LogP contribution in [0.5, 0.6) is 0 Å². The van der Waals surface area contributed by atoms with Crippen molar-refractivity contribution in [3.63, 3.8) is 0 Å². The molecule has 35 heavy (non-hydrogen) atoms. The van der Waals surface area contributed by atoms with Crippen LogP contribution in [0.25, 0.3) is 0 Å². The minimum Gasteiger partial charge on any atom is -0.325 e. The SMILES string of the molecule is Cc1ccc(N(CC(=O)Nc2ccc(S(=O)(=O)Nc3cccc(Cl)c3Cl)cc2)S(C)(=O)=O)cc1Cl. The van der Waals surface area contributed by atoms with E-state index in [1.54, 1.807) is 25.1 Å². The molecule has 1 amide bonds. The topological polar surface area (TPSA) is 113 Å². The molecule has 0 heterocycles. The van der Waals surface area contributed by atoms with E-state index in [4.69, 9.17) is 34.8 Å². The summed E-state index contributed by atoms with van der Waals surface area (Å²) in [6, 6.07) is 14.5. The quantitative estimate of drug-likeness (QED) is 0.385. The number of sulfonamides is 2. The number of carbonyl (C=O) groups excluding carboxylic acids is 1. The molecule has 0 saturated heterocycles. The lowest BCUT2D eigenvalue weighted by Gasteiger charge is -2.22. The lowest BCUT2D eigenvalue weighted by Crippen LogP contribution is -2.37. The van der Waals surface area contributed by atoms with Crippen molar-refractivity contribution in [1.29, 1.82) is 0 Å². The highest BCUT2D eigenvalue weighted by Crippen LogP contribution is 2.31. The zero-order chi connectivity index (χ0) is 26.0. The number of rotatable bonds is 8. The summed E-state index contributed by atoms with van der Waals surface area (Å²) in [5.74, 6) is -0.633. The Morgan fingerprint density at radius 1 is 0.914 bits per heavy atom. The standard InChI is InChI=1S/C22H20Cl3N3O5S2/c1-14-6-9-16(12-19(14)24)28(34(2,30)31)13-21(29)26-15-7-10-17(11-8-15)35(32,33)27-20-5-3-4-18(23)22(20)25/h3-12,27H,13H2,1-2H3,(H,26,29). The smallest absolute Gasteiger partial charge is 0.261 e. The lowest BCUT2D eigenvalue weighted by atomic mass is 10.2. The van der Waals surface area contributed by atoms with Crippen molar-refractivity contribution in [2.24, 2.45) is 0 Å². The van der Waals surface area contributed by atoms with Crippen LogP contribution in [0.3, 0.4) is 0 Å². The monoisotopic (exact) mass is 575 g/mol. The van der Waals surface area contributed by atoms with E-state index in [2.05, 4.69) is 10.0 Å². The third-order valence-corrected chi connectivity index (χ3v) is 8.52. The van der Waals surface area contributed by atoms with Gasteiger partial charge in [-0.05, 0) is 61.0 Å². The van der Waals surface area contributed by atoms with Crippen LogP contribution in [0.2, 0.25) is 15.1 Å². The van der Waals surface area contributed by atoms with Crippen LogP contribution in [0.1, 0.15) is 5.56 Å². The lowest BCUT2D eigenvalue weighted by molar-refractivity contribution is -0.114. The van der Waals surface area contributed by atoms with Crippen molar-refractivity contribution in [2.45, 2.75) is 11.8 Å². The first-order valence-electron chi connectivity index (χ1n) is 9.88. The summed E-state index contributed by atoms with van der Waals surface area (Å²) in [6.07, 6.45) is 0.979. The molecule has 0 aromatic heterocycles. The number of hydrogen-bond acceptors (Lipinski definition) is 5. The molecule has 0 radical (unpaired) electrons. The molecule has 0 unspecified atom stereocenters. The number of aryl methyl sites for hydroxylation is 1. The van der Waals surface area contributed by atoms with Crippen LogP contribution in [-0.4, -0.2) is 35.5 Å². The van der Waals surface area contributed by atoms with E-state index in [1.165, 1.54) is 42.5 Å². The number of amides is 1. The molecule has 3 aromatic rings. The van der Waals surface area contributed by atoms with Gasteiger partial charge < -0.3 is 5.32 Å². The predicted octanol–water partition coefficient (Wildman–Crippen LogP) is 5.16. The third kappa shape index (κ3) is 6.80. The normalized spacial score (nSPS) is 11.7. The Hall–Kier alpha value is -2.50. The summed E-state index contributed by atoms with van der Waals surface area (Å²) in [7, 11) is -7.78. The van der Waals surface area contributed by atoms with Crippen LogP contribution in [-0.2, 0) is 24.8 Å². The van der Waals surface area contributed by atoms with E-state index in [-0.39, 0.29) is 32.0 Å². The van der Waals surface area contributed by atoms with Gasteiger partial charge in [-0.25, -0.2) is 16.8 Å². The maximum Gasteiger partial charge on any atom is 0.261 e. The first kappa shape index (κ1) is 27.1. The average molecular weight is 577 g/mol. The largest absolute Gasteiger partial charge is 0.325 e. The molecular weight excluding hydrogens is 557 g/mol. The Balaban J connectivity index is 1.74. The van der Waals surface area contributed by atoms with Crippen LogP contribution >= 0.6 is 34.8 Å². The van der Waals surface area contributed by atoms with E-state index in [9.17, 15) is 21.6 Å².